The van der Waals surface area contributed by atoms with E-state index < -0.39 is 5.97 Å². The maximum Gasteiger partial charge on any atom is 0.306 e. The summed E-state index contributed by atoms with van der Waals surface area (Å²) in [6.45, 7) is 2.06. The fraction of sp³-hybridized carbons (Fsp3) is 0.857. The SMILES string of the molecule is O=C(O)C1CCC(CNC(=O)C2CCOCC2)CC1. The minimum absolute atomic E-state index is 0.101. The standard InChI is InChI=1S/C14H23NO4/c16-13(11-5-7-19-8-6-11)15-9-10-1-3-12(4-2-10)14(17)18/h10-12H,1-9H2,(H,15,16)(H,17,18). The van der Waals surface area contributed by atoms with Crippen molar-refractivity contribution in [3.63, 3.8) is 0 Å². The molecule has 0 bridgehead atoms. The zero-order valence-corrected chi connectivity index (χ0v) is 11.3. The summed E-state index contributed by atoms with van der Waals surface area (Å²) in [4.78, 5) is 22.8. The van der Waals surface area contributed by atoms with Crippen molar-refractivity contribution in [2.45, 2.75) is 38.5 Å². The van der Waals surface area contributed by atoms with Gasteiger partial charge in [-0.05, 0) is 44.4 Å². The second-order valence-corrected chi connectivity index (χ2v) is 5.69. The number of hydrogen-bond donors (Lipinski definition) is 2. The molecule has 0 aromatic rings. The van der Waals surface area contributed by atoms with Gasteiger partial charge in [0.15, 0.2) is 0 Å². The average Bonchev–Trinajstić information content (AvgIpc) is 2.46. The summed E-state index contributed by atoms with van der Waals surface area (Å²) in [5.41, 5.74) is 0. The van der Waals surface area contributed by atoms with Crippen molar-refractivity contribution in [2.75, 3.05) is 19.8 Å². The Morgan fingerprint density at radius 1 is 1.00 bits per heavy atom. The first-order valence-electron chi connectivity index (χ1n) is 7.25. The molecule has 5 nitrogen and oxygen atoms in total. The number of carboxylic acid groups (broad SMARTS) is 1. The van der Waals surface area contributed by atoms with Crippen molar-refractivity contribution in [1.82, 2.24) is 5.32 Å². The molecule has 0 aromatic carbocycles. The van der Waals surface area contributed by atoms with Gasteiger partial charge in [-0.15, -0.1) is 0 Å². The highest BCUT2D eigenvalue weighted by molar-refractivity contribution is 5.78. The number of hydrogen-bond acceptors (Lipinski definition) is 3. The lowest BCUT2D eigenvalue weighted by molar-refractivity contribution is -0.143. The number of carbonyl (C=O) groups excluding carboxylic acids is 1. The Morgan fingerprint density at radius 3 is 2.21 bits per heavy atom. The third-order valence-electron chi connectivity index (χ3n) is 4.35. The highest BCUT2D eigenvalue weighted by Crippen LogP contribution is 2.28. The number of ether oxygens (including phenoxy) is 1. The summed E-state index contributed by atoms with van der Waals surface area (Å²) >= 11 is 0. The Kier molecular flexibility index (Phi) is 5.19. The Labute approximate surface area is 113 Å². The molecule has 19 heavy (non-hydrogen) atoms. The molecular formula is C14H23NO4. The van der Waals surface area contributed by atoms with Crippen molar-refractivity contribution < 1.29 is 19.4 Å². The summed E-state index contributed by atoms with van der Waals surface area (Å²) in [7, 11) is 0. The van der Waals surface area contributed by atoms with Crippen LogP contribution in [0.4, 0.5) is 0 Å². The van der Waals surface area contributed by atoms with Crippen LogP contribution in [0.3, 0.4) is 0 Å². The molecule has 2 fully saturated rings. The van der Waals surface area contributed by atoms with Crippen molar-refractivity contribution in [3.8, 4) is 0 Å². The molecule has 0 unspecified atom stereocenters. The molecule has 5 heteroatoms. The smallest absolute Gasteiger partial charge is 0.306 e. The molecule has 1 aliphatic heterocycles. The predicted molar refractivity (Wildman–Crippen MR) is 69.6 cm³/mol. The van der Waals surface area contributed by atoms with E-state index in [1.807, 2.05) is 0 Å². The minimum atomic E-state index is -0.676. The number of amides is 1. The Morgan fingerprint density at radius 2 is 1.63 bits per heavy atom. The van der Waals surface area contributed by atoms with Crippen LogP contribution in [-0.4, -0.2) is 36.7 Å². The number of carboxylic acids is 1. The largest absolute Gasteiger partial charge is 0.481 e. The van der Waals surface area contributed by atoms with E-state index in [0.717, 1.165) is 38.5 Å². The molecule has 0 radical (unpaired) electrons. The van der Waals surface area contributed by atoms with Crippen LogP contribution in [0.15, 0.2) is 0 Å². The Bertz CT molecular complexity index is 317. The third kappa shape index (κ3) is 4.20. The van der Waals surface area contributed by atoms with Gasteiger partial charge in [-0.2, -0.15) is 0 Å². The van der Waals surface area contributed by atoms with Crippen LogP contribution in [0.1, 0.15) is 38.5 Å². The predicted octanol–water partition coefficient (Wildman–Crippen LogP) is 1.42. The van der Waals surface area contributed by atoms with Crippen LogP contribution >= 0.6 is 0 Å². The van der Waals surface area contributed by atoms with Gasteiger partial charge in [0.2, 0.25) is 5.91 Å². The maximum atomic E-state index is 12.0. The topological polar surface area (TPSA) is 75.6 Å². The van der Waals surface area contributed by atoms with Gasteiger partial charge in [-0.3, -0.25) is 9.59 Å². The molecule has 0 atom stereocenters. The van der Waals surface area contributed by atoms with Crippen molar-refractivity contribution in [3.05, 3.63) is 0 Å². The molecule has 2 rings (SSSR count). The second kappa shape index (κ2) is 6.89. The van der Waals surface area contributed by atoms with Crippen molar-refractivity contribution in [1.29, 1.82) is 0 Å². The van der Waals surface area contributed by atoms with E-state index in [0.29, 0.717) is 25.7 Å². The fourth-order valence-electron chi connectivity index (χ4n) is 2.96. The summed E-state index contributed by atoms with van der Waals surface area (Å²) in [5.74, 6) is -0.167. The van der Waals surface area contributed by atoms with E-state index in [4.69, 9.17) is 9.84 Å². The van der Waals surface area contributed by atoms with Gasteiger partial charge in [0.25, 0.3) is 0 Å². The first-order valence-corrected chi connectivity index (χ1v) is 7.25. The lowest BCUT2D eigenvalue weighted by Crippen LogP contribution is -2.38. The zero-order valence-electron chi connectivity index (χ0n) is 11.3. The summed E-state index contributed by atoms with van der Waals surface area (Å²) in [6.07, 6.45) is 4.94. The molecule has 1 saturated carbocycles. The van der Waals surface area contributed by atoms with Crippen LogP contribution in [0.2, 0.25) is 0 Å². The number of carbonyl (C=O) groups is 2. The Balaban J connectivity index is 1.66. The van der Waals surface area contributed by atoms with Crippen LogP contribution in [0.5, 0.6) is 0 Å². The molecule has 0 spiro atoms. The molecule has 1 amide bonds. The average molecular weight is 269 g/mol. The van der Waals surface area contributed by atoms with Gasteiger partial charge < -0.3 is 15.2 Å². The normalized spacial score (nSPS) is 28.8. The highest BCUT2D eigenvalue weighted by atomic mass is 16.5. The zero-order chi connectivity index (χ0) is 13.7. The fourth-order valence-corrected chi connectivity index (χ4v) is 2.96. The van der Waals surface area contributed by atoms with E-state index in [-0.39, 0.29) is 17.7 Å². The van der Waals surface area contributed by atoms with Gasteiger partial charge >= 0.3 is 5.97 Å². The molecule has 2 N–H and O–H groups in total. The quantitative estimate of drug-likeness (QED) is 0.809. The molecule has 1 saturated heterocycles. The van der Waals surface area contributed by atoms with Crippen LogP contribution in [0.25, 0.3) is 0 Å². The van der Waals surface area contributed by atoms with E-state index in [1.54, 1.807) is 0 Å². The van der Waals surface area contributed by atoms with Gasteiger partial charge in [0, 0.05) is 25.7 Å². The third-order valence-corrected chi connectivity index (χ3v) is 4.35. The number of rotatable bonds is 4. The monoisotopic (exact) mass is 269 g/mol. The molecule has 1 heterocycles. The molecule has 2 aliphatic rings. The molecular weight excluding hydrogens is 246 g/mol. The lowest BCUT2D eigenvalue weighted by atomic mass is 9.82. The minimum Gasteiger partial charge on any atom is -0.481 e. The van der Waals surface area contributed by atoms with Gasteiger partial charge in [0.05, 0.1) is 5.92 Å². The van der Waals surface area contributed by atoms with Crippen molar-refractivity contribution >= 4 is 11.9 Å². The molecule has 1 aliphatic carbocycles. The van der Waals surface area contributed by atoms with E-state index in [9.17, 15) is 9.59 Å². The lowest BCUT2D eigenvalue weighted by Gasteiger charge is -2.27. The van der Waals surface area contributed by atoms with Gasteiger partial charge in [-0.25, -0.2) is 0 Å². The number of aliphatic carboxylic acids is 1. The van der Waals surface area contributed by atoms with Crippen molar-refractivity contribution in [2.24, 2.45) is 17.8 Å². The Hall–Kier alpha value is -1.10. The summed E-state index contributed by atoms with van der Waals surface area (Å²) in [5, 5.41) is 12.0. The van der Waals surface area contributed by atoms with Gasteiger partial charge in [0.1, 0.15) is 0 Å². The second-order valence-electron chi connectivity index (χ2n) is 5.69. The van der Waals surface area contributed by atoms with Gasteiger partial charge in [-0.1, -0.05) is 0 Å². The summed E-state index contributed by atoms with van der Waals surface area (Å²) < 4.78 is 5.24. The first kappa shape index (κ1) is 14.3. The van der Waals surface area contributed by atoms with E-state index in [1.165, 1.54) is 0 Å². The summed E-state index contributed by atoms with van der Waals surface area (Å²) in [6, 6.07) is 0. The first-order chi connectivity index (χ1) is 9.16. The van der Waals surface area contributed by atoms with Crippen LogP contribution in [0, 0.1) is 17.8 Å². The molecule has 108 valence electrons. The highest BCUT2D eigenvalue weighted by Gasteiger charge is 2.27. The maximum absolute atomic E-state index is 12.0. The van der Waals surface area contributed by atoms with Crippen LogP contribution < -0.4 is 5.32 Å². The molecule has 0 aromatic heterocycles. The van der Waals surface area contributed by atoms with Crippen LogP contribution in [-0.2, 0) is 14.3 Å². The number of nitrogens with one attached hydrogen (secondary N) is 1. The van der Waals surface area contributed by atoms with E-state index in [2.05, 4.69) is 5.32 Å². The van der Waals surface area contributed by atoms with E-state index >= 15 is 0 Å².